The molecule has 1 fully saturated rings. The van der Waals surface area contributed by atoms with Gasteiger partial charge in [-0.05, 0) is 6.92 Å². The quantitative estimate of drug-likeness (QED) is 0.265. The fourth-order valence-corrected chi connectivity index (χ4v) is 5.42. The number of nitrogens with zero attached hydrogens (tertiary/aromatic N) is 1. The lowest BCUT2D eigenvalue weighted by Gasteiger charge is -2.37. The number of aryl methyl sites for hydroxylation is 1. The summed E-state index contributed by atoms with van der Waals surface area (Å²) >= 11 is 0. The van der Waals surface area contributed by atoms with E-state index in [1.807, 2.05) is 4.98 Å². The Labute approximate surface area is 172 Å². The summed E-state index contributed by atoms with van der Waals surface area (Å²) in [5, 5.41) is 20.1. The van der Waals surface area contributed by atoms with Gasteiger partial charge in [0, 0.05) is 12.7 Å². The van der Waals surface area contributed by atoms with E-state index in [9.17, 15) is 53.1 Å². The summed E-state index contributed by atoms with van der Waals surface area (Å²) < 4.78 is 49.7. The second kappa shape index (κ2) is 9.45. The maximum Gasteiger partial charge on any atom is 0.328 e. The topological polar surface area (TPSA) is 276 Å². The predicted octanol–water partition coefficient (Wildman–Crippen LogP) is -4.47. The van der Waals surface area contributed by atoms with Crippen molar-refractivity contribution in [2.45, 2.75) is 37.9 Å². The number of hydrogen-bond acceptors (Lipinski definition) is 15. The van der Waals surface area contributed by atoms with Crippen LogP contribution >= 0.6 is 23.5 Å². The van der Waals surface area contributed by atoms with Crippen molar-refractivity contribution >= 4 is 23.5 Å². The second-order valence-corrected chi connectivity index (χ2v) is 10.3. The van der Waals surface area contributed by atoms with Gasteiger partial charge in [0.15, 0.2) is 0 Å². The molecule has 1 aliphatic rings. The predicted molar refractivity (Wildman–Crippen MR) is 87.6 cm³/mol. The number of aromatic nitrogens is 2. The van der Waals surface area contributed by atoms with Gasteiger partial charge in [-0.15, -0.1) is 0 Å². The molecule has 1 saturated heterocycles. The summed E-state index contributed by atoms with van der Waals surface area (Å²) in [5.74, 6) is 0. The van der Waals surface area contributed by atoms with Gasteiger partial charge < -0.3 is 48.2 Å². The summed E-state index contributed by atoms with van der Waals surface area (Å²) in [6.07, 6.45) is -5.75. The average Bonchev–Trinajstić information content (AvgIpc) is 2.85. The van der Waals surface area contributed by atoms with Crippen LogP contribution in [0.3, 0.4) is 0 Å². The number of nitrogens with one attached hydrogen (secondary N) is 1. The standard InChI is InChI=1S/C11H19N2O15P3/c1-2-13-3-5(10(16)12-11(13)17)9-8(15)7(14)6(26-9)4-25-30(21,22)28-31(23,24)27-29(18,19)20/h3,6-9,14-15H,2,4H2,1H3,(H,21,22)(H,23,24)(H,12,16,17)(H2,18,19,20)/p-4. The lowest BCUT2D eigenvalue weighted by Crippen LogP contribution is -2.36. The van der Waals surface area contributed by atoms with E-state index in [4.69, 9.17) is 4.74 Å². The number of rotatable bonds is 9. The van der Waals surface area contributed by atoms with Gasteiger partial charge in [-0.1, -0.05) is 0 Å². The molecular formula is C11H15N2O15P3-4. The Kier molecular flexibility index (Phi) is 7.99. The summed E-state index contributed by atoms with van der Waals surface area (Å²) in [6.45, 7) is 0.547. The van der Waals surface area contributed by atoms with Gasteiger partial charge in [-0.3, -0.25) is 23.2 Å². The molecule has 6 atom stereocenters. The van der Waals surface area contributed by atoms with Crippen LogP contribution in [-0.2, 0) is 38.1 Å². The van der Waals surface area contributed by atoms with E-state index >= 15 is 0 Å². The summed E-state index contributed by atoms with van der Waals surface area (Å²) in [7, 11) is -18.2. The number of aromatic amines is 1. The molecule has 0 amide bonds. The van der Waals surface area contributed by atoms with E-state index in [0.29, 0.717) is 0 Å². The number of phosphoric acid groups is 3. The van der Waals surface area contributed by atoms with Crippen LogP contribution in [-0.4, -0.2) is 44.7 Å². The van der Waals surface area contributed by atoms with Crippen LogP contribution in [0, 0.1) is 0 Å². The summed E-state index contributed by atoms with van der Waals surface area (Å²) in [5.41, 5.74) is -1.98. The normalized spacial score (nSPS) is 28.2. The summed E-state index contributed by atoms with van der Waals surface area (Å²) in [4.78, 5) is 68.8. The number of aliphatic hydroxyl groups is 2. The summed E-state index contributed by atoms with van der Waals surface area (Å²) in [6, 6.07) is 0. The lowest BCUT2D eigenvalue weighted by atomic mass is 10.0. The highest BCUT2D eigenvalue weighted by atomic mass is 31.3. The van der Waals surface area contributed by atoms with Crippen LogP contribution in [0.4, 0.5) is 0 Å². The van der Waals surface area contributed by atoms with Crippen molar-refractivity contribution in [2.24, 2.45) is 0 Å². The van der Waals surface area contributed by atoms with Crippen molar-refractivity contribution in [3.8, 4) is 0 Å². The molecule has 2 rings (SSSR count). The Balaban J connectivity index is 2.12. The number of ether oxygens (including phenoxy) is 1. The third-order valence-electron chi connectivity index (χ3n) is 3.84. The molecule has 1 aromatic rings. The van der Waals surface area contributed by atoms with Crippen LogP contribution in [0.2, 0.25) is 0 Å². The van der Waals surface area contributed by atoms with Crippen LogP contribution in [0.25, 0.3) is 0 Å². The van der Waals surface area contributed by atoms with Crippen molar-refractivity contribution in [3.05, 3.63) is 32.6 Å². The molecule has 178 valence electrons. The van der Waals surface area contributed by atoms with E-state index in [0.717, 1.165) is 10.8 Å². The van der Waals surface area contributed by atoms with Crippen molar-refractivity contribution < 1.29 is 61.4 Å². The van der Waals surface area contributed by atoms with E-state index in [2.05, 4.69) is 13.1 Å². The monoisotopic (exact) mass is 508 g/mol. The van der Waals surface area contributed by atoms with Gasteiger partial charge in [0.2, 0.25) is 0 Å². The van der Waals surface area contributed by atoms with Crippen LogP contribution in [0.5, 0.6) is 0 Å². The van der Waals surface area contributed by atoms with Crippen molar-refractivity contribution in [2.75, 3.05) is 6.61 Å². The van der Waals surface area contributed by atoms with E-state index in [-0.39, 0.29) is 12.1 Å². The van der Waals surface area contributed by atoms with E-state index < -0.39 is 65.7 Å². The minimum Gasteiger partial charge on any atom is -0.790 e. The molecule has 0 aliphatic carbocycles. The van der Waals surface area contributed by atoms with Gasteiger partial charge in [-0.2, -0.15) is 0 Å². The maximum atomic E-state index is 12.0. The average molecular weight is 508 g/mol. The first-order chi connectivity index (χ1) is 14.1. The van der Waals surface area contributed by atoms with Crippen molar-refractivity contribution in [1.29, 1.82) is 0 Å². The zero-order valence-corrected chi connectivity index (χ0v) is 18.0. The minimum atomic E-state index is -6.17. The lowest BCUT2D eigenvalue weighted by molar-refractivity contribution is -0.339. The highest BCUT2D eigenvalue weighted by Gasteiger charge is 2.45. The van der Waals surface area contributed by atoms with Crippen LogP contribution < -0.4 is 30.8 Å². The smallest absolute Gasteiger partial charge is 0.328 e. The molecule has 0 bridgehead atoms. The first-order valence-corrected chi connectivity index (χ1v) is 12.5. The highest BCUT2D eigenvalue weighted by Crippen LogP contribution is 2.60. The Morgan fingerprint density at radius 2 is 1.71 bits per heavy atom. The molecule has 0 radical (unpaired) electrons. The van der Waals surface area contributed by atoms with Gasteiger partial charge in [0.1, 0.15) is 24.4 Å². The SMILES string of the molecule is CCn1cc(C2OC(COP(=O)([O-])OP(=O)([O-])OP(=O)([O-])[O-])C(O)C2O)c(=O)[nH]c1=O. The Morgan fingerprint density at radius 1 is 1.10 bits per heavy atom. The van der Waals surface area contributed by atoms with E-state index in [1.54, 1.807) is 6.92 Å². The number of hydrogen-bond donors (Lipinski definition) is 3. The second-order valence-electron chi connectivity index (χ2n) is 6.01. The fourth-order valence-electron chi connectivity index (χ4n) is 2.56. The van der Waals surface area contributed by atoms with E-state index in [1.165, 1.54) is 0 Å². The molecule has 0 spiro atoms. The molecule has 17 nitrogen and oxygen atoms in total. The number of phosphoric ester groups is 1. The molecule has 3 N–H and O–H groups in total. The zero-order valence-electron chi connectivity index (χ0n) is 15.3. The molecule has 6 unspecified atom stereocenters. The van der Waals surface area contributed by atoms with Crippen molar-refractivity contribution in [3.63, 3.8) is 0 Å². The first kappa shape index (κ1) is 26.2. The van der Waals surface area contributed by atoms with Gasteiger partial charge >= 0.3 is 5.69 Å². The Morgan fingerprint density at radius 3 is 2.26 bits per heavy atom. The van der Waals surface area contributed by atoms with Crippen LogP contribution in [0.15, 0.2) is 15.8 Å². The Bertz CT molecular complexity index is 1060. The zero-order chi connectivity index (χ0) is 23.8. The molecule has 31 heavy (non-hydrogen) atoms. The van der Waals surface area contributed by atoms with Crippen molar-refractivity contribution in [1.82, 2.24) is 9.55 Å². The maximum absolute atomic E-state index is 12.0. The van der Waals surface area contributed by atoms with Gasteiger partial charge in [0.05, 0.1) is 20.0 Å². The highest BCUT2D eigenvalue weighted by molar-refractivity contribution is 7.64. The third-order valence-corrected chi connectivity index (χ3v) is 7.51. The molecule has 0 saturated carbocycles. The van der Waals surface area contributed by atoms with Gasteiger partial charge in [0.25, 0.3) is 21.2 Å². The molecule has 1 aromatic heterocycles. The Hall–Kier alpha value is -1.03. The molecule has 20 heteroatoms. The molecule has 0 aromatic carbocycles. The molecular weight excluding hydrogens is 493 g/mol. The van der Waals surface area contributed by atoms with Gasteiger partial charge in [-0.25, -0.2) is 9.11 Å². The largest absolute Gasteiger partial charge is 0.790 e. The molecule has 1 aliphatic heterocycles. The minimum absolute atomic E-state index is 0.133. The fraction of sp³-hybridized carbons (Fsp3) is 0.636. The number of H-pyrrole nitrogens is 1. The first-order valence-electron chi connectivity index (χ1n) is 8.12. The van der Waals surface area contributed by atoms with Crippen LogP contribution in [0.1, 0.15) is 18.6 Å². The number of aliphatic hydroxyl groups excluding tert-OH is 2. The molecule has 2 heterocycles. The third kappa shape index (κ3) is 6.97.